The fourth-order valence-corrected chi connectivity index (χ4v) is 5.06. The Morgan fingerprint density at radius 3 is 1.19 bits per heavy atom. The van der Waals surface area contributed by atoms with E-state index in [1.807, 2.05) is 0 Å². The quantitative estimate of drug-likeness (QED) is 0.103. The summed E-state index contributed by atoms with van der Waals surface area (Å²) < 4.78 is 84.0. The van der Waals surface area contributed by atoms with Crippen molar-refractivity contribution in [3.8, 4) is 33.8 Å². The molecule has 0 aromatic heterocycles. The van der Waals surface area contributed by atoms with Crippen molar-refractivity contribution in [3.05, 3.63) is 113 Å². The molecule has 2 N–H and O–H groups in total. The number of nitro groups is 2. The first-order chi connectivity index (χ1) is 21.7. The minimum Gasteiger partial charge on any atom is -0.477 e. The summed E-state index contributed by atoms with van der Waals surface area (Å²) in [4.78, 5) is 46.2. The number of ether oxygens (including phenoxy) is 1. The molecule has 47 heavy (non-hydrogen) atoms. The summed E-state index contributed by atoms with van der Waals surface area (Å²) in [7, 11) is 0. The van der Waals surface area contributed by atoms with Crippen LogP contribution in [0.15, 0.2) is 60.7 Å². The van der Waals surface area contributed by atoms with Crippen LogP contribution in [0.3, 0.4) is 0 Å². The molecule has 244 valence electrons. The lowest BCUT2D eigenvalue weighted by molar-refractivity contribution is -0.387. The van der Waals surface area contributed by atoms with Gasteiger partial charge in [-0.2, -0.15) is 26.3 Å². The summed E-state index contributed by atoms with van der Waals surface area (Å²) in [5, 5.41) is 42.7. The van der Waals surface area contributed by atoms with Crippen LogP contribution < -0.4 is 4.74 Å². The Kier molecular flexibility index (Phi) is 9.10. The molecule has 4 aromatic rings. The third-order valence-electron chi connectivity index (χ3n) is 6.47. The summed E-state index contributed by atoms with van der Waals surface area (Å²) in [6.45, 7) is 0. The van der Waals surface area contributed by atoms with Crippen LogP contribution in [0.4, 0.5) is 37.7 Å². The Hall–Kier alpha value is -5.42. The van der Waals surface area contributed by atoms with Gasteiger partial charge in [0.1, 0.15) is 11.1 Å². The first-order valence-electron chi connectivity index (χ1n) is 12.3. The summed E-state index contributed by atoms with van der Waals surface area (Å²) >= 11 is 11.9. The number of halogens is 8. The molecule has 0 saturated heterocycles. The highest BCUT2D eigenvalue weighted by Crippen LogP contribution is 2.47. The minimum atomic E-state index is -4.83. The molecule has 0 amide bonds. The van der Waals surface area contributed by atoms with Crippen molar-refractivity contribution in [2.75, 3.05) is 0 Å². The standard InChI is InChI=1S/C28H12Cl2F6N2O9/c29-17-9-11(27(31,32)33)1-3-13(17)15-5-7-19(23(37(43)44)21(15)25(39)40)47-20-8-6-16(22(26(41)42)24(20)38(45)46)14-4-2-12(10-18(14)30)28(34,35)36/h1-10H,(H,39,40)(H,41,42). The lowest BCUT2D eigenvalue weighted by atomic mass is 9.96. The molecule has 4 aromatic carbocycles. The number of alkyl halides is 6. The maximum Gasteiger partial charge on any atom is 0.416 e. The van der Waals surface area contributed by atoms with E-state index in [-0.39, 0.29) is 11.1 Å². The Balaban J connectivity index is 1.93. The zero-order chi connectivity index (χ0) is 35.2. The zero-order valence-corrected chi connectivity index (χ0v) is 24.0. The van der Waals surface area contributed by atoms with Crippen LogP contribution >= 0.6 is 23.2 Å². The first-order valence-corrected chi connectivity index (χ1v) is 13.0. The molecule has 19 heteroatoms. The Bertz CT molecular complexity index is 1860. The lowest BCUT2D eigenvalue weighted by Crippen LogP contribution is -2.10. The molecule has 0 radical (unpaired) electrons. The van der Waals surface area contributed by atoms with Crippen molar-refractivity contribution in [1.29, 1.82) is 0 Å². The number of nitrogens with zero attached hydrogens (tertiary/aromatic N) is 2. The van der Waals surface area contributed by atoms with Crippen LogP contribution in [0.5, 0.6) is 11.5 Å². The number of carboxylic acids is 2. The minimum absolute atomic E-state index is 0.372. The van der Waals surface area contributed by atoms with Gasteiger partial charge in [-0.1, -0.05) is 35.3 Å². The number of hydrogen-bond acceptors (Lipinski definition) is 7. The van der Waals surface area contributed by atoms with E-state index in [4.69, 9.17) is 27.9 Å². The van der Waals surface area contributed by atoms with Crippen LogP contribution in [0.25, 0.3) is 22.3 Å². The highest BCUT2D eigenvalue weighted by Gasteiger charge is 2.37. The summed E-state index contributed by atoms with van der Waals surface area (Å²) in [6.07, 6.45) is -9.67. The van der Waals surface area contributed by atoms with Crippen LogP contribution in [-0.4, -0.2) is 32.0 Å². The Morgan fingerprint density at radius 1 is 0.617 bits per heavy atom. The normalized spacial score (nSPS) is 11.7. The molecular weight excluding hydrogens is 693 g/mol. The van der Waals surface area contributed by atoms with Crippen LogP contribution in [-0.2, 0) is 12.4 Å². The maximum absolute atomic E-state index is 13.1. The molecule has 0 bridgehead atoms. The van der Waals surface area contributed by atoms with E-state index in [0.29, 0.717) is 24.3 Å². The zero-order valence-electron chi connectivity index (χ0n) is 22.4. The smallest absolute Gasteiger partial charge is 0.416 e. The van der Waals surface area contributed by atoms with E-state index in [1.54, 1.807) is 0 Å². The number of carbonyl (C=O) groups is 2. The molecule has 0 atom stereocenters. The molecule has 0 saturated carbocycles. The van der Waals surface area contributed by atoms with Gasteiger partial charge in [-0.05, 0) is 48.5 Å². The van der Waals surface area contributed by atoms with Gasteiger partial charge in [-0.25, -0.2) is 9.59 Å². The van der Waals surface area contributed by atoms with E-state index in [2.05, 4.69) is 0 Å². The van der Waals surface area contributed by atoms with E-state index < -0.39 is 100 Å². The van der Waals surface area contributed by atoms with Crippen LogP contribution in [0, 0.1) is 20.2 Å². The number of nitro benzene ring substituents is 2. The Morgan fingerprint density at radius 2 is 0.936 bits per heavy atom. The molecule has 11 nitrogen and oxygen atoms in total. The van der Waals surface area contributed by atoms with E-state index in [0.717, 1.165) is 36.4 Å². The molecule has 0 aliphatic heterocycles. The lowest BCUT2D eigenvalue weighted by Gasteiger charge is -2.16. The third kappa shape index (κ3) is 6.75. The first kappa shape index (κ1) is 34.5. The second-order valence-electron chi connectivity index (χ2n) is 9.28. The van der Waals surface area contributed by atoms with Crippen LogP contribution in [0.1, 0.15) is 31.8 Å². The van der Waals surface area contributed by atoms with Gasteiger partial charge in [-0.15, -0.1) is 0 Å². The molecule has 0 spiro atoms. The highest BCUT2D eigenvalue weighted by atomic mass is 35.5. The second-order valence-corrected chi connectivity index (χ2v) is 10.1. The predicted octanol–water partition coefficient (Wildman–Crippen LogP) is 9.37. The summed E-state index contributed by atoms with van der Waals surface area (Å²) in [6, 6.07) is 6.77. The van der Waals surface area contributed by atoms with Gasteiger partial charge in [-0.3, -0.25) is 20.2 Å². The van der Waals surface area contributed by atoms with Gasteiger partial charge in [0.25, 0.3) is 0 Å². The third-order valence-corrected chi connectivity index (χ3v) is 7.09. The number of benzene rings is 4. The molecule has 0 fully saturated rings. The van der Waals surface area contributed by atoms with E-state index in [1.165, 1.54) is 0 Å². The molecule has 0 heterocycles. The molecular formula is C28H12Cl2F6N2O9. The second kappa shape index (κ2) is 12.4. The molecule has 0 aliphatic carbocycles. The number of hydrogen-bond donors (Lipinski definition) is 2. The van der Waals surface area contributed by atoms with Gasteiger partial charge in [0.2, 0.25) is 11.5 Å². The average molecular weight is 705 g/mol. The molecule has 0 unspecified atom stereocenters. The fraction of sp³-hybridized carbons (Fsp3) is 0.0714. The predicted molar refractivity (Wildman–Crippen MR) is 151 cm³/mol. The summed E-state index contributed by atoms with van der Waals surface area (Å²) in [5.41, 5.74) is -9.22. The monoisotopic (exact) mass is 704 g/mol. The molecule has 4 rings (SSSR count). The largest absolute Gasteiger partial charge is 0.477 e. The van der Waals surface area contributed by atoms with E-state index in [9.17, 15) is 66.4 Å². The van der Waals surface area contributed by atoms with Crippen molar-refractivity contribution >= 4 is 46.5 Å². The summed E-state index contributed by atoms with van der Waals surface area (Å²) in [5.74, 6) is -5.92. The van der Waals surface area contributed by atoms with Gasteiger partial charge < -0.3 is 14.9 Å². The fourth-order valence-electron chi connectivity index (χ4n) is 4.49. The molecule has 0 aliphatic rings. The van der Waals surface area contributed by atoms with Gasteiger partial charge in [0.05, 0.1) is 21.0 Å². The van der Waals surface area contributed by atoms with Crippen molar-refractivity contribution in [2.24, 2.45) is 0 Å². The van der Waals surface area contributed by atoms with Crippen LogP contribution in [0.2, 0.25) is 10.0 Å². The number of carboxylic acid groups (broad SMARTS) is 2. The highest BCUT2D eigenvalue weighted by molar-refractivity contribution is 6.34. The van der Waals surface area contributed by atoms with Crippen molar-refractivity contribution in [3.63, 3.8) is 0 Å². The Labute approximate surface area is 266 Å². The van der Waals surface area contributed by atoms with Gasteiger partial charge in [0.15, 0.2) is 0 Å². The number of aromatic carboxylic acids is 2. The van der Waals surface area contributed by atoms with Crippen molar-refractivity contribution < 1.29 is 60.7 Å². The van der Waals surface area contributed by atoms with Gasteiger partial charge >= 0.3 is 35.7 Å². The average Bonchev–Trinajstić information content (AvgIpc) is 2.95. The van der Waals surface area contributed by atoms with Gasteiger partial charge in [0, 0.05) is 32.3 Å². The SMILES string of the molecule is O=C(O)c1c(-c2ccc(C(F)(F)F)cc2Cl)ccc(Oc2ccc(-c3ccc(C(F)(F)F)cc3Cl)c(C(=O)O)c2[N+](=O)[O-])c1[N+](=O)[O-]. The topological polar surface area (TPSA) is 170 Å². The maximum atomic E-state index is 13.1. The van der Waals surface area contributed by atoms with E-state index >= 15 is 0 Å². The van der Waals surface area contributed by atoms with Crippen molar-refractivity contribution in [1.82, 2.24) is 0 Å². The number of rotatable bonds is 8. The van der Waals surface area contributed by atoms with Crippen molar-refractivity contribution in [2.45, 2.75) is 12.4 Å².